The molecule has 0 spiro atoms. The molecule has 1 amide bonds. The van der Waals surface area contributed by atoms with Gasteiger partial charge in [-0.05, 0) is 6.07 Å². The van der Waals surface area contributed by atoms with Crippen LogP contribution in [-0.4, -0.2) is 20.9 Å². The number of amides is 1. The number of rotatable bonds is 2. The van der Waals surface area contributed by atoms with E-state index in [4.69, 9.17) is 34.8 Å². The van der Waals surface area contributed by atoms with Crippen LogP contribution in [0.15, 0.2) is 24.8 Å². The quantitative estimate of drug-likeness (QED) is 0.866. The second-order valence-electron chi connectivity index (χ2n) is 3.14. The van der Waals surface area contributed by atoms with Gasteiger partial charge in [-0.15, -0.1) is 0 Å². The van der Waals surface area contributed by atoms with E-state index < -0.39 is 5.91 Å². The summed E-state index contributed by atoms with van der Waals surface area (Å²) in [7, 11) is 0. The van der Waals surface area contributed by atoms with E-state index in [1.807, 2.05) is 0 Å². The Balaban J connectivity index is 2.30. The number of aromatic nitrogens is 3. The average molecular weight is 304 g/mol. The molecule has 2 aromatic heterocycles. The van der Waals surface area contributed by atoms with Gasteiger partial charge in [-0.1, -0.05) is 34.8 Å². The van der Waals surface area contributed by atoms with E-state index in [2.05, 4.69) is 20.3 Å². The van der Waals surface area contributed by atoms with Crippen LogP contribution in [0.3, 0.4) is 0 Å². The van der Waals surface area contributed by atoms with Crippen LogP contribution in [0.5, 0.6) is 0 Å². The normalized spacial score (nSPS) is 10.2. The number of carbonyl (C=O) groups excluding carboxylic acids is 1. The predicted molar refractivity (Wildman–Crippen MR) is 69.3 cm³/mol. The molecule has 92 valence electrons. The first-order valence-electron chi connectivity index (χ1n) is 4.66. The van der Waals surface area contributed by atoms with Crippen molar-refractivity contribution >= 4 is 46.4 Å². The van der Waals surface area contributed by atoms with E-state index in [0.29, 0.717) is 0 Å². The Morgan fingerprint density at radius 2 is 1.83 bits per heavy atom. The third kappa shape index (κ3) is 2.69. The minimum absolute atomic E-state index is 0.0448. The van der Waals surface area contributed by atoms with Crippen molar-refractivity contribution in [3.63, 3.8) is 0 Å². The second-order valence-corrected chi connectivity index (χ2v) is 4.26. The smallest absolute Gasteiger partial charge is 0.258 e. The number of halogens is 3. The SMILES string of the molecule is O=C(Nc1c(Cl)ncnc1Cl)c1cnccc1Cl. The van der Waals surface area contributed by atoms with Gasteiger partial charge in [0.25, 0.3) is 5.91 Å². The van der Waals surface area contributed by atoms with Crippen molar-refractivity contribution in [1.29, 1.82) is 0 Å². The van der Waals surface area contributed by atoms with E-state index in [9.17, 15) is 4.79 Å². The summed E-state index contributed by atoms with van der Waals surface area (Å²) in [6.07, 6.45) is 4.01. The molecular formula is C10H5Cl3N4O. The summed E-state index contributed by atoms with van der Waals surface area (Å²) < 4.78 is 0. The lowest BCUT2D eigenvalue weighted by atomic mass is 10.2. The van der Waals surface area contributed by atoms with Crippen molar-refractivity contribution in [3.05, 3.63) is 45.7 Å². The summed E-state index contributed by atoms with van der Waals surface area (Å²) in [4.78, 5) is 23.2. The van der Waals surface area contributed by atoms with Gasteiger partial charge in [-0.25, -0.2) is 9.97 Å². The van der Waals surface area contributed by atoms with E-state index in [0.717, 1.165) is 0 Å². The molecule has 0 bridgehead atoms. The van der Waals surface area contributed by atoms with Crippen molar-refractivity contribution in [2.24, 2.45) is 0 Å². The first kappa shape index (κ1) is 13.0. The molecule has 1 N–H and O–H groups in total. The lowest BCUT2D eigenvalue weighted by Crippen LogP contribution is -2.14. The minimum atomic E-state index is -0.494. The predicted octanol–water partition coefficient (Wildman–Crippen LogP) is 3.08. The van der Waals surface area contributed by atoms with Gasteiger partial charge < -0.3 is 5.32 Å². The van der Waals surface area contributed by atoms with Crippen LogP contribution < -0.4 is 5.32 Å². The number of nitrogens with zero attached hydrogens (tertiary/aromatic N) is 3. The highest BCUT2D eigenvalue weighted by molar-refractivity contribution is 6.39. The second kappa shape index (κ2) is 5.48. The number of pyridine rings is 1. The molecule has 2 aromatic rings. The molecule has 2 rings (SSSR count). The fraction of sp³-hybridized carbons (Fsp3) is 0. The van der Waals surface area contributed by atoms with Crippen LogP contribution in [-0.2, 0) is 0 Å². The molecule has 0 radical (unpaired) electrons. The van der Waals surface area contributed by atoms with Crippen molar-refractivity contribution in [2.45, 2.75) is 0 Å². The maximum atomic E-state index is 11.9. The van der Waals surface area contributed by atoms with Crippen molar-refractivity contribution in [2.75, 3.05) is 5.32 Å². The Hall–Kier alpha value is -1.43. The van der Waals surface area contributed by atoms with Crippen LogP contribution in [0.4, 0.5) is 5.69 Å². The zero-order valence-corrected chi connectivity index (χ0v) is 11.0. The monoisotopic (exact) mass is 302 g/mol. The van der Waals surface area contributed by atoms with Crippen LogP contribution in [0.1, 0.15) is 10.4 Å². The number of hydrogen-bond acceptors (Lipinski definition) is 4. The first-order valence-corrected chi connectivity index (χ1v) is 5.80. The molecule has 8 heteroatoms. The topological polar surface area (TPSA) is 67.8 Å². The number of anilines is 1. The van der Waals surface area contributed by atoms with Crippen molar-refractivity contribution < 1.29 is 4.79 Å². The molecule has 0 aliphatic carbocycles. The van der Waals surface area contributed by atoms with Crippen LogP contribution in [0.25, 0.3) is 0 Å². The largest absolute Gasteiger partial charge is 0.317 e. The van der Waals surface area contributed by atoms with Crippen LogP contribution >= 0.6 is 34.8 Å². The fourth-order valence-corrected chi connectivity index (χ4v) is 1.77. The maximum absolute atomic E-state index is 11.9. The molecule has 0 unspecified atom stereocenters. The highest BCUT2D eigenvalue weighted by Crippen LogP contribution is 2.26. The van der Waals surface area contributed by atoms with Gasteiger partial charge in [0, 0.05) is 12.4 Å². The molecule has 0 aliphatic heterocycles. The fourth-order valence-electron chi connectivity index (χ4n) is 1.17. The highest BCUT2D eigenvalue weighted by Gasteiger charge is 2.15. The summed E-state index contributed by atoms with van der Waals surface area (Å²) in [5.74, 6) is -0.494. The third-order valence-electron chi connectivity index (χ3n) is 2.01. The summed E-state index contributed by atoms with van der Waals surface area (Å²) in [6.45, 7) is 0. The molecule has 0 saturated heterocycles. The molecule has 0 saturated carbocycles. The maximum Gasteiger partial charge on any atom is 0.258 e. The van der Waals surface area contributed by atoms with Gasteiger partial charge in [0.05, 0.1) is 10.6 Å². The highest BCUT2D eigenvalue weighted by atomic mass is 35.5. The van der Waals surface area contributed by atoms with Crippen molar-refractivity contribution in [3.8, 4) is 0 Å². The third-order valence-corrected chi connectivity index (χ3v) is 2.91. The summed E-state index contributed by atoms with van der Waals surface area (Å²) in [6, 6.07) is 1.50. The van der Waals surface area contributed by atoms with Gasteiger partial charge in [0.1, 0.15) is 12.0 Å². The molecule has 5 nitrogen and oxygen atoms in total. The Bertz CT molecular complexity index is 585. The molecule has 18 heavy (non-hydrogen) atoms. The van der Waals surface area contributed by atoms with Crippen LogP contribution in [0, 0.1) is 0 Å². The minimum Gasteiger partial charge on any atom is -0.317 e. The van der Waals surface area contributed by atoms with Gasteiger partial charge in [0.15, 0.2) is 10.3 Å². The number of nitrogens with one attached hydrogen (secondary N) is 1. The van der Waals surface area contributed by atoms with E-state index in [1.54, 1.807) is 0 Å². The van der Waals surface area contributed by atoms with E-state index in [-0.39, 0.29) is 26.6 Å². The molecule has 0 atom stereocenters. The van der Waals surface area contributed by atoms with Gasteiger partial charge in [0.2, 0.25) is 0 Å². The average Bonchev–Trinajstić information content (AvgIpc) is 2.34. The molecule has 0 aromatic carbocycles. The van der Waals surface area contributed by atoms with E-state index >= 15 is 0 Å². The summed E-state index contributed by atoms with van der Waals surface area (Å²) >= 11 is 17.5. The lowest BCUT2D eigenvalue weighted by Gasteiger charge is -2.08. The molecule has 0 aliphatic rings. The Morgan fingerprint density at radius 1 is 1.17 bits per heavy atom. The van der Waals surface area contributed by atoms with E-state index in [1.165, 1.54) is 24.8 Å². The molecule has 2 heterocycles. The standard InChI is InChI=1S/C10H5Cl3N4O/c11-6-1-2-14-3-5(6)10(18)17-7-8(12)15-4-16-9(7)13/h1-4H,(H,17,18). The summed E-state index contributed by atoms with van der Waals surface area (Å²) in [5, 5.41) is 2.84. The Labute approximate surface area is 117 Å². The first-order chi connectivity index (χ1) is 8.59. The van der Waals surface area contributed by atoms with Gasteiger partial charge in [-0.3, -0.25) is 9.78 Å². The number of carbonyl (C=O) groups is 1. The summed E-state index contributed by atoms with van der Waals surface area (Å²) in [5.41, 5.74) is 0.334. The Morgan fingerprint density at radius 3 is 2.44 bits per heavy atom. The van der Waals surface area contributed by atoms with Crippen LogP contribution in [0.2, 0.25) is 15.3 Å². The van der Waals surface area contributed by atoms with Gasteiger partial charge in [-0.2, -0.15) is 0 Å². The molecule has 0 fully saturated rings. The van der Waals surface area contributed by atoms with Crippen molar-refractivity contribution in [1.82, 2.24) is 15.0 Å². The number of hydrogen-bond donors (Lipinski definition) is 1. The zero-order chi connectivity index (χ0) is 13.1. The molecular weight excluding hydrogens is 298 g/mol. The van der Waals surface area contributed by atoms with Gasteiger partial charge >= 0.3 is 0 Å². The Kier molecular flexibility index (Phi) is 3.96. The lowest BCUT2D eigenvalue weighted by molar-refractivity contribution is 0.102. The zero-order valence-electron chi connectivity index (χ0n) is 8.69.